The van der Waals surface area contributed by atoms with E-state index in [4.69, 9.17) is 9.90 Å². The number of aromatic nitrogens is 2. The van der Waals surface area contributed by atoms with Gasteiger partial charge in [0.1, 0.15) is 0 Å². The number of hydrogen-bond donors (Lipinski definition) is 4. The molecule has 0 saturated carbocycles. The zero-order chi connectivity index (χ0) is 22.7. The fraction of sp³-hybridized carbons (Fsp3) is 0.217. The number of hydrogen-bond acceptors (Lipinski definition) is 5. The molecular weight excluding hydrogens is 428 g/mol. The number of aliphatic carboxylic acids is 1. The Morgan fingerprint density at radius 3 is 2.69 bits per heavy atom. The molecule has 0 aliphatic carbocycles. The fourth-order valence-electron chi connectivity index (χ4n) is 3.62. The molecule has 1 fully saturated rings. The highest BCUT2D eigenvalue weighted by atomic mass is 32.1. The molecule has 4 N–H and O–H groups in total. The highest BCUT2D eigenvalue weighted by Gasteiger charge is 2.21. The Morgan fingerprint density at radius 2 is 1.97 bits per heavy atom. The Hall–Kier alpha value is -3.72. The molecule has 8 nitrogen and oxygen atoms in total. The third kappa shape index (κ3) is 4.78. The number of carboxylic acids is 1. The van der Waals surface area contributed by atoms with Crippen LogP contribution in [0.3, 0.4) is 0 Å². The van der Waals surface area contributed by atoms with Crippen molar-refractivity contribution in [3.63, 3.8) is 0 Å². The van der Waals surface area contributed by atoms with Gasteiger partial charge in [-0.1, -0.05) is 18.2 Å². The number of aromatic amines is 1. The number of amides is 2. The van der Waals surface area contributed by atoms with E-state index in [0.717, 1.165) is 28.3 Å². The van der Waals surface area contributed by atoms with Gasteiger partial charge in [-0.15, -0.1) is 11.3 Å². The van der Waals surface area contributed by atoms with Crippen molar-refractivity contribution in [3.05, 3.63) is 54.2 Å². The molecule has 164 valence electrons. The van der Waals surface area contributed by atoms with Crippen molar-refractivity contribution in [2.24, 2.45) is 0 Å². The van der Waals surface area contributed by atoms with Crippen LogP contribution in [0.4, 0.5) is 0 Å². The number of carboxylic acid groups (broad SMARTS) is 1. The van der Waals surface area contributed by atoms with Crippen molar-refractivity contribution in [3.8, 4) is 10.4 Å². The van der Waals surface area contributed by atoms with Crippen LogP contribution < -0.4 is 10.6 Å². The molecule has 1 aliphatic heterocycles. The molecule has 0 spiro atoms. The number of H-pyrrole nitrogens is 1. The fourth-order valence-corrected chi connectivity index (χ4v) is 4.71. The van der Waals surface area contributed by atoms with Gasteiger partial charge in [0.05, 0.1) is 11.7 Å². The van der Waals surface area contributed by atoms with E-state index in [1.807, 2.05) is 24.3 Å². The molecular formula is C23H22N4O4S. The smallest absolute Gasteiger partial charge is 0.300 e. The standard InChI is InChI=1S/C21H18N4O2S.C2H4O2/c26-19-6-5-15(11-22-19)24-21(27)13-7-14-10-23-25-20(14)16(8-13)18-9-12-3-1-2-4-17(12)28-18;1-2(3)4/h1-4,7-10,15H,5-6,11H2,(H,22,26)(H,23,25)(H,24,27);1H3,(H,3,4). The second-order valence-corrected chi connectivity index (χ2v) is 8.62. The summed E-state index contributed by atoms with van der Waals surface area (Å²) >= 11 is 1.70. The van der Waals surface area contributed by atoms with Crippen LogP contribution in [0.5, 0.6) is 0 Å². The summed E-state index contributed by atoms with van der Waals surface area (Å²) in [5.41, 5.74) is 2.49. The SMILES string of the molecule is CC(=O)O.O=C1CCC(NC(=O)c2cc(-c3cc4ccccc4s3)c3[nH]ncc3c2)CN1. The maximum Gasteiger partial charge on any atom is 0.300 e. The molecule has 2 aromatic carbocycles. The summed E-state index contributed by atoms with van der Waals surface area (Å²) in [6, 6.07) is 14.1. The van der Waals surface area contributed by atoms with Gasteiger partial charge in [0.15, 0.2) is 0 Å². The number of carbonyl (C=O) groups excluding carboxylic acids is 2. The van der Waals surface area contributed by atoms with E-state index in [1.54, 1.807) is 17.5 Å². The first-order chi connectivity index (χ1) is 15.4. The zero-order valence-electron chi connectivity index (χ0n) is 17.3. The van der Waals surface area contributed by atoms with Gasteiger partial charge in [-0.3, -0.25) is 19.5 Å². The molecule has 2 aromatic heterocycles. The summed E-state index contributed by atoms with van der Waals surface area (Å²) < 4.78 is 1.21. The first-order valence-corrected chi connectivity index (χ1v) is 11.0. The van der Waals surface area contributed by atoms with Crippen molar-refractivity contribution in [2.45, 2.75) is 25.8 Å². The van der Waals surface area contributed by atoms with Gasteiger partial charge in [0.25, 0.3) is 11.9 Å². The first kappa shape index (κ1) is 21.5. The van der Waals surface area contributed by atoms with Gasteiger partial charge in [0, 0.05) is 52.0 Å². The zero-order valence-corrected chi connectivity index (χ0v) is 18.2. The molecule has 9 heteroatoms. The van der Waals surface area contributed by atoms with Crippen LogP contribution in [0.25, 0.3) is 31.4 Å². The van der Waals surface area contributed by atoms with E-state index >= 15 is 0 Å². The maximum absolute atomic E-state index is 12.9. The number of rotatable bonds is 3. The van der Waals surface area contributed by atoms with E-state index in [2.05, 4.69) is 39.0 Å². The molecule has 1 saturated heterocycles. The van der Waals surface area contributed by atoms with Gasteiger partial charge < -0.3 is 15.7 Å². The number of fused-ring (bicyclic) bond motifs is 2. The molecule has 32 heavy (non-hydrogen) atoms. The van der Waals surface area contributed by atoms with E-state index in [1.165, 1.54) is 10.1 Å². The minimum absolute atomic E-state index is 0.0392. The van der Waals surface area contributed by atoms with Crippen molar-refractivity contribution in [1.29, 1.82) is 0 Å². The minimum Gasteiger partial charge on any atom is -0.481 e. The molecule has 4 aromatic rings. The number of nitrogens with one attached hydrogen (secondary N) is 3. The monoisotopic (exact) mass is 450 g/mol. The molecule has 1 aliphatic rings. The molecule has 3 heterocycles. The summed E-state index contributed by atoms with van der Waals surface area (Å²) in [6.45, 7) is 1.56. The molecule has 0 radical (unpaired) electrons. The second kappa shape index (κ2) is 9.19. The van der Waals surface area contributed by atoms with Crippen LogP contribution in [0.1, 0.15) is 30.1 Å². The van der Waals surface area contributed by atoms with Crippen molar-refractivity contribution >= 4 is 50.1 Å². The molecule has 1 atom stereocenters. The Labute approximate surface area is 187 Å². The Kier molecular flexibility index (Phi) is 6.18. The molecule has 5 rings (SSSR count). The van der Waals surface area contributed by atoms with Gasteiger partial charge in [-0.2, -0.15) is 5.10 Å². The topological polar surface area (TPSA) is 124 Å². The van der Waals surface area contributed by atoms with E-state index in [9.17, 15) is 9.59 Å². The Bertz CT molecular complexity index is 1260. The lowest BCUT2D eigenvalue weighted by atomic mass is 10.0. The van der Waals surface area contributed by atoms with Crippen molar-refractivity contribution in [2.75, 3.05) is 6.54 Å². The highest BCUT2D eigenvalue weighted by molar-refractivity contribution is 7.22. The molecule has 0 bridgehead atoms. The van der Waals surface area contributed by atoms with Crippen LogP contribution in [-0.2, 0) is 9.59 Å². The van der Waals surface area contributed by atoms with E-state index in [0.29, 0.717) is 24.9 Å². The van der Waals surface area contributed by atoms with Crippen LogP contribution in [0.15, 0.2) is 48.7 Å². The Morgan fingerprint density at radius 1 is 1.19 bits per heavy atom. The summed E-state index contributed by atoms with van der Waals surface area (Å²) in [5, 5.41) is 22.6. The van der Waals surface area contributed by atoms with E-state index in [-0.39, 0.29) is 17.9 Å². The first-order valence-electron chi connectivity index (χ1n) is 10.1. The quantitative estimate of drug-likeness (QED) is 0.380. The normalized spacial score (nSPS) is 15.7. The number of carbonyl (C=O) groups is 3. The number of piperidine rings is 1. The third-order valence-electron chi connectivity index (χ3n) is 5.10. The summed E-state index contributed by atoms with van der Waals surface area (Å²) in [5.74, 6) is -0.927. The minimum atomic E-state index is -0.833. The lowest BCUT2D eigenvalue weighted by Gasteiger charge is -2.23. The molecule has 2 amide bonds. The predicted molar refractivity (Wildman–Crippen MR) is 124 cm³/mol. The largest absolute Gasteiger partial charge is 0.481 e. The average Bonchev–Trinajstić information content (AvgIpc) is 3.41. The average molecular weight is 451 g/mol. The summed E-state index contributed by atoms with van der Waals surface area (Å²) in [4.78, 5) is 34.3. The van der Waals surface area contributed by atoms with Crippen LogP contribution in [0.2, 0.25) is 0 Å². The third-order valence-corrected chi connectivity index (χ3v) is 6.25. The van der Waals surface area contributed by atoms with Gasteiger partial charge in [-0.25, -0.2) is 0 Å². The lowest BCUT2D eigenvalue weighted by Crippen LogP contribution is -2.47. The van der Waals surface area contributed by atoms with Crippen molar-refractivity contribution < 1.29 is 19.5 Å². The van der Waals surface area contributed by atoms with Gasteiger partial charge in [-0.05, 0) is 36.1 Å². The molecule has 1 unspecified atom stereocenters. The number of thiophene rings is 1. The maximum atomic E-state index is 12.9. The second-order valence-electron chi connectivity index (χ2n) is 7.54. The van der Waals surface area contributed by atoms with Crippen LogP contribution in [-0.4, -0.2) is 45.7 Å². The number of nitrogens with zero attached hydrogens (tertiary/aromatic N) is 1. The predicted octanol–water partition coefficient (Wildman–Crippen LogP) is 3.54. The van der Waals surface area contributed by atoms with Crippen molar-refractivity contribution in [1.82, 2.24) is 20.8 Å². The summed E-state index contributed by atoms with van der Waals surface area (Å²) in [6.07, 6.45) is 2.84. The lowest BCUT2D eigenvalue weighted by molar-refractivity contribution is -0.134. The van der Waals surface area contributed by atoms with Crippen LogP contribution >= 0.6 is 11.3 Å². The highest BCUT2D eigenvalue weighted by Crippen LogP contribution is 2.37. The number of benzene rings is 2. The van der Waals surface area contributed by atoms with Crippen LogP contribution in [0, 0.1) is 0 Å². The van der Waals surface area contributed by atoms with Gasteiger partial charge in [0.2, 0.25) is 5.91 Å². The Balaban J connectivity index is 0.000000567. The van der Waals surface area contributed by atoms with E-state index < -0.39 is 5.97 Å². The van der Waals surface area contributed by atoms with Gasteiger partial charge >= 0.3 is 0 Å². The summed E-state index contributed by atoms with van der Waals surface area (Å²) in [7, 11) is 0.